The molecule has 2 rings (SSSR count). The molecule has 8 nitrogen and oxygen atoms in total. The maximum Gasteiger partial charge on any atom is 0.329 e. The third-order valence-electron chi connectivity index (χ3n) is 4.33. The van der Waals surface area contributed by atoms with Gasteiger partial charge in [-0.3, -0.25) is 19.0 Å². The predicted molar refractivity (Wildman–Crippen MR) is 148 cm³/mol. The Bertz CT molecular complexity index is 1110. The van der Waals surface area contributed by atoms with Crippen LogP contribution >= 0.6 is 47.8 Å². The molecule has 0 aromatic carbocycles. The Kier molecular flexibility index (Phi) is 18.3. The molecule has 0 bridgehead atoms. The average Bonchev–Trinajstić information content (AvgIpc) is 2.84. The molecule has 2 unspecified atom stereocenters. The van der Waals surface area contributed by atoms with Gasteiger partial charge >= 0.3 is 11.9 Å². The largest absolute Gasteiger partial charge is 0.465 e. The monoisotopic (exact) mass is 718 g/mol. The molecule has 0 fully saturated rings. The van der Waals surface area contributed by atoms with E-state index in [0.29, 0.717) is 28.4 Å². The van der Waals surface area contributed by atoms with Crippen LogP contribution in [-0.2, 0) is 19.1 Å². The van der Waals surface area contributed by atoms with Gasteiger partial charge < -0.3 is 14.5 Å². The van der Waals surface area contributed by atoms with E-state index in [-0.39, 0.29) is 17.4 Å². The average molecular weight is 721 g/mol. The van der Waals surface area contributed by atoms with Crippen LogP contribution in [0.3, 0.4) is 0 Å². The maximum absolute atomic E-state index is 13.4. The van der Waals surface area contributed by atoms with Crippen LogP contribution in [0.4, 0.5) is 8.78 Å². The SMILES string of the molecule is CCCC(Br)C(=O)OCC.CCCC(C(=O)OCC)n1cc(Br)cc(F)c1=O.O=c1[nH]cc(Br)cc1F. The number of rotatable bonds is 9. The van der Waals surface area contributed by atoms with Gasteiger partial charge in [0, 0.05) is 21.3 Å². The van der Waals surface area contributed by atoms with Gasteiger partial charge in [0.2, 0.25) is 0 Å². The summed E-state index contributed by atoms with van der Waals surface area (Å²) < 4.78 is 37.3. The molecule has 0 radical (unpaired) electrons. The number of halogens is 5. The van der Waals surface area contributed by atoms with Crippen molar-refractivity contribution in [1.82, 2.24) is 9.55 Å². The zero-order valence-electron chi connectivity index (χ0n) is 21.0. The van der Waals surface area contributed by atoms with Gasteiger partial charge in [-0.15, -0.1) is 0 Å². The first-order valence-electron chi connectivity index (χ1n) is 11.5. The van der Waals surface area contributed by atoms with Gasteiger partial charge in [0.05, 0.1) is 13.2 Å². The molecular weight excluding hydrogens is 690 g/mol. The third kappa shape index (κ3) is 13.5. The number of carbonyl (C=O) groups is 2. The minimum absolute atomic E-state index is 0.113. The Morgan fingerprint density at radius 2 is 1.46 bits per heavy atom. The topological polar surface area (TPSA) is 107 Å². The summed E-state index contributed by atoms with van der Waals surface area (Å²) in [6.45, 7) is 8.10. The number of nitrogens with zero attached hydrogens (tertiary/aromatic N) is 1. The van der Waals surface area contributed by atoms with E-state index < -0.39 is 34.8 Å². The quantitative estimate of drug-likeness (QED) is 0.250. The second-order valence-corrected chi connectivity index (χ2v) is 10.2. The maximum atomic E-state index is 13.4. The Morgan fingerprint density at radius 1 is 0.919 bits per heavy atom. The molecule has 2 heterocycles. The summed E-state index contributed by atoms with van der Waals surface area (Å²) in [5.41, 5.74) is -1.51. The van der Waals surface area contributed by atoms with Crippen LogP contribution in [-0.4, -0.2) is 39.5 Å². The minimum Gasteiger partial charge on any atom is -0.465 e. The molecule has 1 N–H and O–H groups in total. The van der Waals surface area contributed by atoms with E-state index in [4.69, 9.17) is 9.47 Å². The van der Waals surface area contributed by atoms with E-state index in [1.807, 2.05) is 20.8 Å². The van der Waals surface area contributed by atoms with Crippen molar-refractivity contribution in [2.45, 2.75) is 64.2 Å². The molecule has 2 atom stereocenters. The van der Waals surface area contributed by atoms with E-state index in [0.717, 1.165) is 29.5 Å². The van der Waals surface area contributed by atoms with Crippen molar-refractivity contribution in [3.8, 4) is 0 Å². The number of aromatic nitrogens is 2. The van der Waals surface area contributed by atoms with Gasteiger partial charge in [0.25, 0.3) is 11.1 Å². The molecule has 0 aliphatic carbocycles. The second-order valence-electron chi connectivity index (χ2n) is 7.28. The highest BCUT2D eigenvalue weighted by atomic mass is 79.9. The fourth-order valence-corrected chi connectivity index (χ4v) is 4.01. The fraction of sp³-hybridized carbons (Fsp3) is 0.500. The summed E-state index contributed by atoms with van der Waals surface area (Å²) in [6, 6.07) is 1.40. The van der Waals surface area contributed by atoms with Crippen molar-refractivity contribution in [3.05, 3.63) is 65.8 Å². The predicted octanol–water partition coefficient (Wildman–Crippen LogP) is 6.04. The van der Waals surface area contributed by atoms with Gasteiger partial charge in [-0.2, -0.15) is 0 Å². The minimum atomic E-state index is -0.894. The number of hydrogen-bond donors (Lipinski definition) is 1. The first-order chi connectivity index (χ1) is 17.4. The van der Waals surface area contributed by atoms with E-state index in [9.17, 15) is 28.0 Å². The molecule has 0 saturated heterocycles. The van der Waals surface area contributed by atoms with Gasteiger partial charge in [0.15, 0.2) is 11.6 Å². The summed E-state index contributed by atoms with van der Waals surface area (Å²) in [7, 11) is 0. The molecule has 13 heteroatoms. The lowest BCUT2D eigenvalue weighted by Crippen LogP contribution is -2.32. The van der Waals surface area contributed by atoms with Gasteiger partial charge in [0.1, 0.15) is 10.9 Å². The van der Waals surface area contributed by atoms with E-state index in [1.165, 1.54) is 12.4 Å². The molecular formula is C24H31Br3F2N2O6. The summed E-state index contributed by atoms with van der Waals surface area (Å²) in [5.74, 6) is -2.33. The van der Waals surface area contributed by atoms with Crippen molar-refractivity contribution in [2.75, 3.05) is 13.2 Å². The van der Waals surface area contributed by atoms with Gasteiger partial charge in [-0.1, -0.05) is 42.6 Å². The van der Waals surface area contributed by atoms with E-state index in [1.54, 1.807) is 6.92 Å². The molecule has 0 aliphatic rings. The Morgan fingerprint density at radius 3 is 1.95 bits per heavy atom. The Hall–Kier alpha value is -1.86. The zero-order valence-corrected chi connectivity index (χ0v) is 25.8. The van der Waals surface area contributed by atoms with Crippen molar-refractivity contribution in [3.63, 3.8) is 0 Å². The highest BCUT2D eigenvalue weighted by molar-refractivity contribution is 9.10. The molecule has 0 spiro atoms. The first kappa shape index (κ1) is 35.1. The number of hydrogen-bond acceptors (Lipinski definition) is 6. The van der Waals surface area contributed by atoms with Crippen LogP contribution in [0.5, 0.6) is 0 Å². The van der Waals surface area contributed by atoms with Crippen molar-refractivity contribution in [2.24, 2.45) is 0 Å². The number of esters is 2. The molecule has 2 aromatic rings. The number of nitrogens with one attached hydrogen (secondary N) is 1. The number of aromatic amines is 1. The normalized spacial score (nSPS) is 11.7. The van der Waals surface area contributed by atoms with Crippen LogP contribution in [0, 0.1) is 11.6 Å². The Balaban J connectivity index is 0.000000577. The van der Waals surface area contributed by atoms with Crippen LogP contribution < -0.4 is 11.1 Å². The van der Waals surface area contributed by atoms with Crippen LogP contribution in [0.1, 0.15) is 59.4 Å². The highest BCUT2D eigenvalue weighted by Crippen LogP contribution is 2.17. The number of H-pyrrole nitrogens is 1. The highest BCUT2D eigenvalue weighted by Gasteiger charge is 2.23. The van der Waals surface area contributed by atoms with Crippen molar-refractivity contribution in [1.29, 1.82) is 0 Å². The van der Waals surface area contributed by atoms with Crippen LogP contribution in [0.15, 0.2) is 43.1 Å². The molecule has 0 amide bonds. The summed E-state index contributed by atoms with van der Waals surface area (Å²) in [4.78, 5) is 46.8. The number of carbonyl (C=O) groups excluding carboxylic acids is 2. The number of ether oxygens (including phenoxy) is 2. The lowest BCUT2D eigenvalue weighted by Gasteiger charge is -2.17. The lowest BCUT2D eigenvalue weighted by atomic mass is 10.1. The third-order valence-corrected chi connectivity index (χ3v) is 6.05. The summed E-state index contributed by atoms with van der Waals surface area (Å²) >= 11 is 9.32. The Labute approximate surface area is 239 Å². The fourth-order valence-electron chi connectivity index (χ4n) is 2.68. The standard InChI is InChI=1S/C12H15BrFNO3.C7H13BrO2.C5H3BrFNO/c1-3-5-10(12(17)18-4-2)15-7-8(13)6-9(14)11(15)16;1-3-5-6(8)7(9)10-4-2;6-3-1-4(7)5(9)8-2-3/h6-7,10H,3-5H2,1-2H3;6H,3-5H2,1-2H3;1-2H,(H,8,9). The smallest absolute Gasteiger partial charge is 0.329 e. The molecule has 208 valence electrons. The van der Waals surface area contributed by atoms with Crippen LogP contribution in [0.25, 0.3) is 0 Å². The first-order valence-corrected chi connectivity index (χ1v) is 14.0. The van der Waals surface area contributed by atoms with E-state index in [2.05, 4.69) is 52.8 Å². The number of alkyl halides is 1. The van der Waals surface area contributed by atoms with Crippen LogP contribution in [0.2, 0.25) is 0 Å². The molecule has 2 aromatic heterocycles. The lowest BCUT2D eigenvalue weighted by molar-refractivity contribution is -0.147. The molecule has 0 aliphatic heterocycles. The number of pyridine rings is 2. The molecule has 0 saturated carbocycles. The molecule has 37 heavy (non-hydrogen) atoms. The second kappa shape index (κ2) is 19.2. The van der Waals surface area contributed by atoms with Crippen molar-refractivity contribution >= 4 is 59.7 Å². The van der Waals surface area contributed by atoms with Gasteiger partial charge in [-0.05, 0) is 70.7 Å². The summed E-state index contributed by atoms with van der Waals surface area (Å²) in [5, 5.41) is 0. The van der Waals surface area contributed by atoms with Gasteiger partial charge in [-0.25, -0.2) is 13.6 Å². The van der Waals surface area contributed by atoms with E-state index >= 15 is 0 Å². The summed E-state index contributed by atoms with van der Waals surface area (Å²) in [6.07, 6.45) is 5.74. The van der Waals surface area contributed by atoms with Crippen molar-refractivity contribution < 1.29 is 27.8 Å². The zero-order chi connectivity index (χ0) is 28.5.